The molecule has 20 heavy (non-hydrogen) atoms. The SMILES string of the molecule is Cc1nn(C)cc1C(C)Nc1ccc(C#N)c(C#N)c1. The van der Waals surface area contributed by atoms with Crippen LogP contribution in [-0.4, -0.2) is 9.78 Å². The second kappa shape index (κ2) is 5.46. The lowest BCUT2D eigenvalue weighted by atomic mass is 10.1. The fourth-order valence-corrected chi connectivity index (χ4v) is 2.19. The lowest BCUT2D eigenvalue weighted by Gasteiger charge is -2.15. The summed E-state index contributed by atoms with van der Waals surface area (Å²) in [7, 11) is 1.89. The smallest absolute Gasteiger partial charge is 0.101 e. The van der Waals surface area contributed by atoms with Crippen LogP contribution in [0.2, 0.25) is 0 Å². The highest BCUT2D eigenvalue weighted by atomic mass is 15.3. The summed E-state index contributed by atoms with van der Waals surface area (Å²) in [5.41, 5.74) is 3.67. The van der Waals surface area contributed by atoms with E-state index >= 15 is 0 Å². The molecule has 1 aromatic heterocycles. The van der Waals surface area contributed by atoms with E-state index in [1.165, 1.54) is 0 Å². The number of aromatic nitrogens is 2. The molecule has 1 N–H and O–H groups in total. The zero-order valence-electron chi connectivity index (χ0n) is 11.7. The molecule has 0 aliphatic rings. The van der Waals surface area contributed by atoms with Crippen LogP contribution < -0.4 is 5.32 Å². The lowest BCUT2D eigenvalue weighted by Crippen LogP contribution is -2.07. The van der Waals surface area contributed by atoms with E-state index in [1.807, 2.05) is 45.3 Å². The third-order valence-corrected chi connectivity index (χ3v) is 3.16. The van der Waals surface area contributed by atoms with Crippen molar-refractivity contribution < 1.29 is 0 Å². The van der Waals surface area contributed by atoms with Crippen molar-refractivity contribution in [1.82, 2.24) is 9.78 Å². The molecular weight excluding hydrogens is 250 g/mol. The molecule has 1 aromatic carbocycles. The van der Waals surface area contributed by atoms with Crippen LogP contribution in [0, 0.1) is 29.6 Å². The van der Waals surface area contributed by atoms with E-state index in [9.17, 15) is 0 Å². The maximum Gasteiger partial charge on any atom is 0.101 e. The van der Waals surface area contributed by atoms with Gasteiger partial charge in [-0.3, -0.25) is 4.68 Å². The molecule has 5 nitrogen and oxygen atoms in total. The molecular formula is C15H15N5. The molecule has 100 valence electrons. The average Bonchev–Trinajstić information content (AvgIpc) is 2.77. The number of rotatable bonds is 3. The predicted molar refractivity (Wildman–Crippen MR) is 75.9 cm³/mol. The van der Waals surface area contributed by atoms with Gasteiger partial charge in [-0.1, -0.05) is 0 Å². The highest BCUT2D eigenvalue weighted by Gasteiger charge is 2.12. The largest absolute Gasteiger partial charge is 0.378 e. The standard InChI is InChI=1S/C15H15N5/c1-10(15-9-20(3)19-11(15)2)18-14-5-4-12(7-16)13(6-14)8-17/h4-6,9-10,18H,1-3H3. The molecule has 0 aliphatic heterocycles. The number of hydrogen-bond donors (Lipinski definition) is 1. The molecule has 0 amide bonds. The Labute approximate surface area is 118 Å². The minimum Gasteiger partial charge on any atom is -0.378 e. The predicted octanol–water partition coefficient (Wildman–Crippen LogP) is 2.64. The zero-order chi connectivity index (χ0) is 14.7. The van der Waals surface area contributed by atoms with Crippen molar-refractivity contribution in [3.8, 4) is 12.1 Å². The molecule has 0 radical (unpaired) electrons. The van der Waals surface area contributed by atoms with Crippen LogP contribution >= 0.6 is 0 Å². The molecule has 0 aliphatic carbocycles. The Morgan fingerprint density at radius 3 is 2.50 bits per heavy atom. The van der Waals surface area contributed by atoms with Crippen molar-refractivity contribution in [2.75, 3.05) is 5.32 Å². The quantitative estimate of drug-likeness (QED) is 0.925. The Balaban J connectivity index is 2.25. The van der Waals surface area contributed by atoms with Crippen molar-refractivity contribution in [2.24, 2.45) is 7.05 Å². The van der Waals surface area contributed by atoms with E-state index in [0.717, 1.165) is 16.9 Å². The summed E-state index contributed by atoms with van der Waals surface area (Å²) in [6.07, 6.45) is 1.97. The van der Waals surface area contributed by atoms with Gasteiger partial charge in [-0.25, -0.2) is 0 Å². The first kappa shape index (κ1) is 13.6. The first-order valence-corrected chi connectivity index (χ1v) is 6.26. The molecule has 0 saturated heterocycles. The fourth-order valence-electron chi connectivity index (χ4n) is 2.19. The first-order chi connectivity index (χ1) is 9.55. The van der Waals surface area contributed by atoms with E-state index in [0.29, 0.717) is 11.1 Å². The van der Waals surface area contributed by atoms with Crippen LogP contribution in [0.5, 0.6) is 0 Å². The van der Waals surface area contributed by atoms with Crippen molar-refractivity contribution in [3.63, 3.8) is 0 Å². The maximum atomic E-state index is 9.03. The van der Waals surface area contributed by atoms with Gasteiger partial charge in [-0.2, -0.15) is 15.6 Å². The molecule has 1 atom stereocenters. The number of benzene rings is 1. The highest BCUT2D eigenvalue weighted by Crippen LogP contribution is 2.23. The van der Waals surface area contributed by atoms with E-state index in [4.69, 9.17) is 10.5 Å². The van der Waals surface area contributed by atoms with E-state index < -0.39 is 0 Å². The third kappa shape index (κ3) is 2.62. The van der Waals surface area contributed by atoms with Crippen LogP contribution in [0.3, 0.4) is 0 Å². The van der Waals surface area contributed by atoms with Gasteiger partial charge in [0.15, 0.2) is 0 Å². The zero-order valence-corrected chi connectivity index (χ0v) is 11.7. The second-order valence-corrected chi connectivity index (χ2v) is 4.69. The minimum absolute atomic E-state index is 0.0724. The highest BCUT2D eigenvalue weighted by molar-refractivity contribution is 5.57. The molecule has 2 rings (SSSR count). The molecule has 0 fully saturated rings. The van der Waals surface area contributed by atoms with Gasteiger partial charge in [-0.05, 0) is 32.0 Å². The summed E-state index contributed by atoms with van der Waals surface area (Å²) >= 11 is 0. The Morgan fingerprint density at radius 2 is 1.95 bits per heavy atom. The summed E-state index contributed by atoms with van der Waals surface area (Å²) in [6, 6.07) is 9.28. The van der Waals surface area contributed by atoms with Crippen LogP contribution in [-0.2, 0) is 7.05 Å². The first-order valence-electron chi connectivity index (χ1n) is 6.26. The Hall–Kier alpha value is -2.79. The van der Waals surface area contributed by atoms with Crippen molar-refractivity contribution in [1.29, 1.82) is 10.5 Å². The Kier molecular flexibility index (Phi) is 3.72. The van der Waals surface area contributed by atoms with Crippen LogP contribution in [0.15, 0.2) is 24.4 Å². The monoisotopic (exact) mass is 265 g/mol. The Bertz CT molecular complexity index is 715. The summed E-state index contributed by atoms with van der Waals surface area (Å²) in [5, 5.41) is 25.6. The van der Waals surface area contributed by atoms with Gasteiger partial charge in [0.05, 0.1) is 22.9 Å². The van der Waals surface area contributed by atoms with Gasteiger partial charge < -0.3 is 5.32 Å². The van der Waals surface area contributed by atoms with Crippen LogP contribution in [0.4, 0.5) is 5.69 Å². The summed E-state index contributed by atoms with van der Waals surface area (Å²) in [6.45, 7) is 4.00. The minimum atomic E-state index is 0.0724. The van der Waals surface area contributed by atoms with Gasteiger partial charge in [0.2, 0.25) is 0 Å². The van der Waals surface area contributed by atoms with Gasteiger partial charge in [-0.15, -0.1) is 0 Å². The average molecular weight is 265 g/mol. The third-order valence-electron chi connectivity index (χ3n) is 3.16. The Morgan fingerprint density at radius 1 is 1.25 bits per heavy atom. The van der Waals surface area contributed by atoms with Gasteiger partial charge in [0, 0.05) is 24.5 Å². The number of nitriles is 2. The second-order valence-electron chi connectivity index (χ2n) is 4.69. The van der Waals surface area contributed by atoms with E-state index in [2.05, 4.69) is 10.4 Å². The fraction of sp³-hybridized carbons (Fsp3) is 0.267. The molecule has 0 saturated carbocycles. The van der Waals surface area contributed by atoms with E-state index in [-0.39, 0.29) is 6.04 Å². The molecule has 1 heterocycles. The summed E-state index contributed by atoms with van der Waals surface area (Å²) in [5.74, 6) is 0. The number of aryl methyl sites for hydroxylation is 2. The summed E-state index contributed by atoms with van der Waals surface area (Å²) in [4.78, 5) is 0. The van der Waals surface area contributed by atoms with Gasteiger partial charge in [0.1, 0.15) is 12.1 Å². The number of hydrogen-bond acceptors (Lipinski definition) is 4. The van der Waals surface area contributed by atoms with Crippen molar-refractivity contribution in [3.05, 3.63) is 46.8 Å². The normalized spacial score (nSPS) is 11.4. The number of anilines is 1. The molecule has 0 spiro atoms. The van der Waals surface area contributed by atoms with E-state index in [1.54, 1.807) is 16.8 Å². The van der Waals surface area contributed by atoms with Gasteiger partial charge >= 0.3 is 0 Å². The van der Waals surface area contributed by atoms with Crippen LogP contribution in [0.25, 0.3) is 0 Å². The molecule has 5 heteroatoms. The van der Waals surface area contributed by atoms with Crippen molar-refractivity contribution >= 4 is 5.69 Å². The number of nitrogens with zero attached hydrogens (tertiary/aromatic N) is 4. The summed E-state index contributed by atoms with van der Waals surface area (Å²) < 4.78 is 1.78. The van der Waals surface area contributed by atoms with Gasteiger partial charge in [0.25, 0.3) is 0 Å². The lowest BCUT2D eigenvalue weighted by molar-refractivity contribution is 0.756. The molecule has 1 unspecified atom stereocenters. The van der Waals surface area contributed by atoms with Crippen LogP contribution in [0.1, 0.15) is 35.3 Å². The molecule has 2 aromatic rings. The maximum absolute atomic E-state index is 9.03. The van der Waals surface area contributed by atoms with Crippen molar-refractivity contribution in [2.45, 2.75) is 19.9 Å². The number of nitrogens with one attached hydrogen (secondary N) is 1. The molecule has 0 bridgehead atoms. The topological polar surface area (TPSA) is 77.4 Å².